The first kappa shape index (κ1) is 56.0. The third kappa shape index (κ3) is 43.5. The Morgan fingerprint density at radius 2 is 0.897 bits per heavy atom. The largest absolute Gasteiger partial charge is 0.472 e. The molecule has 0 saturated carbocycles. The molecule has 58 heavy (non-hydrogen) atoms. The zero-order valence-electron chi connectivity index (χ0n) is 37.3. The van der Waals surface area contributed by atoms with Gasteiger partial charge in [-0.05, 0) is 77.0 Å². The number of esters is 2. The molecule has 0 aromatic carbocycles. The van der Waals surface area contributed by atoms with Gasteiger partial charge in [-0.25, -0.2) is 4.57 Å². The third-order valence-electron chi connectivity index (χ3n) is 9.94. The highest BCUT2D eigenvalue weighted by molar-refractivity contribution is 7.47. The molecule has 10 heteroatoms. The van der Waals surface area contributed by atoms with Gasteiger partial charge in [0, 0.05) is 19.4 Å². The first-order valence-electron chi connectivity index (χ1n) is 23.6. The number of carbonyl (C=O) groups is 2. The Bertz CT molecular complexity index is 1090. The maximum absolute atomic E-state index is 12.6. The second-order valence-corrected chi connectivity index (χ2v) is 17.1. The molecule has 0 saturated heterocycles. The van der Waals surface area contributed by atoms with Gasteiger partial charge in [0.15, 0.2) is 6.10 Å². The fourth-order valence-electron chi connectivity index (χ4n) is 6.40. The van der Waals surface area contributed by atoms with E-state index >= 15 is 0 Å². The van der Waals surface area contributed by atoms with Gasteiger partial charge in [-0.3, -0.25) is 18.6 Å². The molecule has 2 unspecified atom stereocenters. The minimum absolute atomic E-state index is 0.0494. The second-order valence-electron chi connectivity index (χ2n) is 15.6. The minimum atomic E-state index is -4.38. The maximum Gasteiger partial charge on any atom is 0.472 e. The van der Waals surface area contributed by atoms with Crippen LogP contribution in [0, 0.1) is 0 Å². The summed E-state index contributed by atoms with van der Waals surface area (Å²) >= 11 is 0. The van der Waals surface area contributed by atoms with Crippen LogP contribution in [0.1, 0.15) is 213 Å². The number of phosphoric acid groups is 1. The maximum atomic E-state index is 12.6. The highest BCUT2D eigenvalue weighted by Crippen LogP contribution is 2.43. The van der Waals surface area contributed by atoms with Crippen molar-refractivity contribution in [2.24, 2.45) is 5.73 Å². The van der Waals surface area contributed by atoms with Gasteiger partial charge in [0.1, 0.15) is 6.61 Å². The zero-order valence-corrected chi connectivity index (χ0v) is 38.2. The molecular formula is C48H88NO8P. The smallest absolute Gasteiger partial charge is 0.462 e. The Balaban J connectivity index is 4.12. The minimum Gasteiger partial charge on any atom is -0.462 e. The van der Waals surface area contributed by atoms with Crippen LogP contribution in [0.15, 0.2) is 48.6 Å². The van der Waals surface area contributed by atoms with E-state index in [1.165, 1.54) is 103 Å². The van der Waals surface area contributed by atoms with E-state index in [1.807, 2.05) is 0 Å². The fourth-order valence-corrected chi connectivity index (χ4v) is 7.17. The number of carbonyl (C=O) groups excluding carboxylic acids is 2. The SMILES string of the molecule is CCCCCC/C=C\C/C=C\CCCCCCCC(=O)OCC(COP(=O)(O)OCCN)OC(=O)CCCCCCCCCCC/C=C\C/C=C\CCCCCCC. The molecule has 0 aliphatic carbocycles. The molecule has 3 N–H and O–H groups in total. The molecule has 9 nitrogen and oxygen atoms in total. The van der Waals surface area contributed by atoms with E-state index in [-0.39, 0.29) is 32.6 Å². The summed E-state index contributed by atoms with van der Waals surface area (Å²) in [5.41, 5.74) is 5.36. The van der Waals surface area contributed by atoms with Gasteiger partial charge < -0.3 is 20.1 Å². The van der Waals surface area contributed by atoms with Crippen LogP contribution < -0.4 is 5.73 Å². The number of phosphoric ester groups is 1. The van der Waals surface area contributed by atoms with Crippen LogP contribution in [-0.4, -0.2) is 49.3 Å². The van der Waals surface area contributed by atoms with E-state index in [0.717, 1.165) is 70.6 Å². The lowest BCUT2D eigenvalue weighted by Crippen LogP contribution is -2.29. The van der Waals surface area contributed by atoms with E-state index < -0.39 is 32.5 Å². The monoisotopic (exact) mass is 838 g/mol. The van der Waals surface area contributed by atoms with Gasteiger partial charge >= 0.3 is 19.8 Å². The van der Waals surface area contributed by atoms with Crippen molar-refractivity contribution in [1.29, 1.82) is 0 Å². The topological polar surface area (TPSA) is 134 Å². The third-order valence-corrected chi connectivity index (χ3v) is 10.9. The molecule has 0 bridgehead atoms. The Kier molecular flexibility index (Phi) is 43.0. The van der Waals surface area contributed by atoms with Crippen molar-refractivity contribution in [2.45, 2.75) is 219 Å². The van der Waals surface area contributed by atoms with E-state index in [4.69, 9.17) is 24.3 Å². The molecule has 2 atom stereocenters. The molecule has 0 amide bonds. The van der Waals surface area contributed by atoms with Crippen LogP contribution in [0.4, 0.5) is 0 Å². The molecule has 0 aromatic heterocycles. The molecule has 0 spiro atoms. The van der Waals surface area contributed by atoms with Gasteiger partial charge in [0.25, 0.3) is 0 Å². The van der Waals surface area contributed by atoms with Gasteiger partial charge in [0.2, 0.25) is 0 Å². The lowest BCUT2D eigenvalue weighted by Gasteiger charge is -2.19. The predicted octanol–water partition coefficient (Wildman–Crippen LogP) is 13.9. The first-order chi connectivity index (χ1) is 28.3. The summed E-state index contributed by atoms with van der Waals surface area (Å²) in [6.07, 6.45) is 51.4. The molecule has 0 aliphatic heterocycles. The summed E-state index contributed by atoms with van der Waals surface area (Å²) in [6, 6.07) is 0. The fraction of sp³-hybridized carbons (Fsp3) is 0.792. The summed E-state index contributed by atoms with van der Waals surface area (Å²) in [5, 5.41) is 0. The van der Waals surface area contributed by atoms with Crippen molar-refractivity contribution in [3.63, 3.8) is 0 Å². The number of unbranched alkanes of at least 4 members (excludes halogenated alkanes) is 23. The quantitative estimate of drug-likeness (QED) is 0.0266. The molecular weight excluding hydrogens is 750 g/mol. The average molecular weight is 838 g/mol. The van der Waals surface area contributed by atoms with Crippen molar-refractivity contribution < 1.29 is 37.6 Å². The van der Waals surface area contributed by atoms with Gasteiger partial charge in [-0.2, -0.15) is 0 Å². The Labute approximate surface area is 356 Å². The van der Waals surface area contributed by atoms with Crippen LogP contribution in [0.25, 0.3) is 0 Å². The van der Waals surface area contributed by atoms with Gasteiger partial charge in [-0.15, -0.1) is 0 Å². The van der Waals surface area contributed by atoms with E-state index in [9.17, 15) is 19.0 Å². The Hall–Kier alpha value is -2.03. The number of rotatable bonds is 44. The number of hydrogen-bond donors (Lipinski definition) is 2. The number of hydrogen-bond acceptors (Lipinski definition) is 8. The summed E-state index contributed by atoms with van der Waals surface area (Å²) < 4.78 is 32.8. The average Bonchev–Trinajstić information content (AvgIpc) is 3.21. The molecule has 0 fully saturated rings. The van der Waals surface area contributed by atoms with E-state index in [0.29, 0.717) is 12.8 Å². The number of allylic oxidation sites excluding steroid dienone is 8. The van der Waals surface area contributed by atoms with Crippen LogP contribution in [-0.2, 0) is 32.7 Å². The molecule has 338 valence electrons. The highest BCUT2D eigenvalue weighted by Gasteiger charge is 2.26. The normalized spacial score (nSPS) is 13.7. The van der Waals surface area contributed by atoms with Crippen molar-refractivity contribution in [2.75, 3.05) is 26.4 Å². The Morgan fingerprint density at radius 3 is 1.33 bits per heavy atom. The van der Waals surface area contributed by atoms with Crippen LogP contribution in [0.3, 0.4) is 0 Å². The Morgan fingerprint density at radius 1 is 0.517 bits per heavy atom. The standard InChI is InChI=1S/C48H88NO8P/c1-3-5-7-9-11-13-15-17-19-21-22-23-24-25-27-29-31-33-35-37-39-41-48(51)57-46(45-56-58(52,53)55-43-42-49)44-54-47(50)40-38-36-34-32-30-28-26-20-18-16-14-12-10-8-6-4-2/h14-17,20-22,26,46H,3-13,18-19,23-25,27-45,49H2,1-2H3,(H,52,53)/b16-14-,17-15-,22-21-,26-20-. The molecule has 0 rings (SSSR count). The first-order valence-corrected chi connectivity index (χ1v) is 25.1. The molecule has 0 heterocycles. The lowest BCUT2D eigenvalue weighted by atomic mass is 10.1. The summed E-state index contributed by atoms with van der Waals surface area (Å²) in [6.45, 7) is 3.70. The highest BCUT2D eigenvalue weighted by atomic mass is 31.2. The summed E-state index contributed by atoms with van der Waals surface area (Å²) in [4.78, 5) is 35.0. The number of ether oxygens (including phenoxy) is 2. The molecule has 0 aromatic rings. The van der Waals surface area contributed by atoms with E-state index in [2.05, 4.69) is 62.5 Å². The predicted molar refractivity (Wildman–Crippen MR) is 243 cm³/mol. The van der Waals surface area contributed by atoms with Crippen molar-refractivity contribution >= 4 is 19.8 Å². The van der Waals surface area contributed by atoms with Crippen LogP contribution in [0.2, 0.25) is 0 Å². The van der Waals surface area contributed by atoms with Crippen molar-refractivity contribution in [3.8, 4) is 0 Å². The molecule has 0 radical (unpaired) electrons. The van der Waals surface area contributed by atoms with Crippen LogP contribution in [0.5, 0.6) is 0 Å². The van der Waals surface area contributed by atoms with Crippen LogP contribution >= 0.6 is 7.82 Å². The zero-order chi connectivity index (χ0) is 42.5. The number of nitrogens with two attached hydrogens (primary N) is 1. The van der Waals surface area contributed by atoms with Crippen molar-refractivity contribution in [1.82, 2.24) is 0 Å². The van der Waals surface area contributed by atoms with Crippen molar-refractivity contribution in [3.05, 3.63) is 48.6 Å². The summed E-state index contributed by atoms with van der Waals surface area (Å²) in [5.74, 6) is -0.847. The lowest BCUT2D eigenvalue weighted by molar-refractivity contribution is -0.161. The second kappa shape index (κ2) is 44.5. The molecule has 0 aliphatic rings. The summed E-state index contributed by atoms with van der Waals surface area (Å²) in [7, 11) is -4.38. The van der Waals surface area contributed by atoms with E-state index in [1.54, 1.807) is 0 Å². The van der Waals surface area contributed by atoms with Gasteiger partial charge in [0.05, 0.1) is 13.2 Å². The van der Waals surface area contributed by atoms with Gasteiger partial charge in [-0.1, -0.05) is 172 Å².